The normalized spacial score (nSPS) is 12.8. The maximum Gasteiger partial charge on any atom is 0.416 e. The number of carbonyl (C=O) groups is 2. The number of rotatable bonds is 3. The average molecular weight is 352 g/mol. The molecule has 1 amide bonds. The molecule has 0 atom stereocenters. The molecular weight excluding hydrogens is 336 g/mol. The Balaban J connectivity index is 2.06. The fraction of sp³-hybridized carbons (Fsp3) is 0.158. The Morgan fingerprint density at radius 1 is 1.12 bits per heavy atom. The van der Waals surface area contributed by atoms with Crippen LogP contribution < -0.4 is 14.8 Å². The average Bonchev–Trinajstić information content (AvgIpc) is 3.21. The third kappa shape index (κ3) is 2.28. The summed E-state index contributed by atoms with van der Waals surface area (Å²) in [6.45, 7) is 0.388. The molecule has 0 unspecified atom stereocenters. The van der Waals surface area contributed by atoms with Crippen molar-refractivity contribution < 1.29 is 24.2 Å². The number of aromatic nitrogens is 1. The van der Waals surface area contributed by atoms with Crippen LogP contribution >= 0.6 is 0 Å². The van der Waals surface area contributed by atoms with Crippen LogP contribution in [0.25, 0.3) is 22.2 Å². The standard InChI is InChI=1S/C19H16N2O5/c1-25-12-3-4-15-10(5-12)7-16(21(15)19(23)24)14-8-13(26-2)6-11-9-20-18(22)17(11)14/h3-8H,9H2,1-2H3,(H,20,22)(H,23,24). The van der Waals surface area contributed by atoms with Crippen LogP contribution in [-0.4, -0.2) is 35.9 Å². The largest absolute Gasteiger partial charge is 0.497 e. The van der Waals surface area contributed by atoms with Crippen molar-refractivity contribution in [1.82, 2.24) is 9.88 Å². The van der Waals surface area contributed by atoms with Crippen LogP contribution in [0.4, 0.5) is 4.79 Å². The second-order valence-electron chi connectivity index (χ2n) is 5.96. The highest BCUT2D eigenvalue weighted by atomic mass is 16.5. The van der Waals surface area contributed by atoms with Gasteiger partial charge in [0.1, 0.15) is 11.5 Å². The number of hydrogen-bond acceptors (Lipinski definition) is 4. The molecule has 26 heavy (non-hydrogen) atoms. The fourth-order valence-electron chi connectivity index (χ4n) is 3.39. The van der Waals surface area contributed by atoms with Gasteiger partial charge in [-0.2, -0.15) is 0 Å². The van der Waals surface area contributed by atoms with Crippen molar-refractivity contribution in [3.05, 3.63) is 47.5 Å². The summed E-state index contributed by atoms with van der Waals surface area (Å²) in [6, 6.07) is 10.4. The zero-order valence-corrected chi connectivity index (χ0v) is 14.2. The topological polar surface area (TPSA) is 89.8 Å². The molecule has 0 fully saturated rings. The smallest absolute Gasteiger partial charge is 0.416 e. The van der Waals surface area contributed by atoms with E-state index in [2.05, 4.69) is 5.32 Å². The van der Waals surface area contributed by atoms with Crippen molar-refractivity contribution in [1.29, 1.82) is 0 Å². The van der Waals surface area contributed by atoms with Gasteiger partial charge in [0.25, 0.3) is 5.91 Å². The van der Waals surface area contributed by atoms with E-state index in [1.54, 1.807) is 43.5 Å². The fourth-order valence-corrected chi connectivity index (χ4v) is 3.39. The van der Waals surface area contributed by atoms with Gasteiger partial charge in [-0.25, -0.2) is 9.36 Å². The molecule has 2 heterocycles. The minimum Gasteiger partial charge on any atom is -0.497 e. The van der Waals surface area contributed by atoms with E-state index in [-0.39, 0.29) is 5.91 Å². The lowest BCUT2D eigenvalue weighted by Gasteiger charge is -2.11. The van der Waals surface area contributed by atoms with E-state index in [1.165, 1.54) is 11.7 Å². The molecule has 0 spiro atoms. The summed E-state index contributed by atoms with van der Waals surface area (Å²) in [4.78, 5) is 24.3. The van der Waals surface area contributed by atoms with Gasteiger partial charge in [-0.05, 0) is 42.0 Å². The number of methoxy groups -OCH3 is 2. The number of benzene rings is 2. The Morgan fingerprint density at radius 3 is 2.58 bits per heavy atom. The van der Waals surface area contributed by atoms with Gasteiger partial charge < -0.3 is 19.9 Å². The third-order valence-electron chi connectivity index (χ3n) is 4.57. The number of nitrogens with one attached hydrogen (secondary N) is 1. The van der Waals surface area contributed by atoms with E-state index < -0.39 is 6.09 Å². The minimum absolute atomic E-state index is 0.225. The van der Waals surface area contributed by atoms with E-state index in [1.807, 2.05) is 0 Å². The molecular formula is C19H16N2O5. The van der Waals surface area contributed by atoms with Gasteiger partial charge in [-0.1, -0.05) is 0 Å². The monoisotopic (exact) mass is 352 g/mol. The quantitative estimate of drug-likeness (QED) is 0.756. The molecule has 0 radical (unpaired) electrons. The zero-order valence-electron chi connectivity index (χ0n) is 14.2. The lowest BCUT2D eigenvalue weighted by Crippen LogP contribution is -2.14. The number of hydrogen-bond donors (Lipinski definition) is 2. The van der Waals surface area contributed by atoms with Crippen molar-refractivity contribution in [2.45, 2.75) is 6.54 Å². The first-order valence-electron chi connectivity index (χ1n) is 7.95. The molecule has 132 valence electrons. The molecule has 2 N–H and O–H groups in total. The minimum atomic E-state index is -1.13. The maximum absolute atomic E-state index is 12.3. The van der Waals surface area contributed by atoms with Crippen molar-refractivity contribution in [3.63, 3.8) is 0 Å². The van der Waals surface area contributed by atoms with E-state index in [9.17, 15) is 14.7 Å². The van der Waals surface area contributed by atoms with Gasteiger partial charge in [0.15, 0.2) is 0 Å². The van der Waals surface area contributed by atoms with Crippen LogP contribution in [0, 0.1) is 0 Å². The summed E-state index contributed by atoms with van der Waals surface area (Å²) in [7, 11) is 3.09. The lowest BCUT2D eigenvalue weighted by atomic mass is 9.99. The highest BCUT2D eigenvalue weighted by Gasteiger charge is 2.27. The summed E-state index contributed by atoms with van der Waals surface area (Å²) >= 11 is 0. The van der Waals surface area contributed by atoms with E-state index in [0.29, 0.717) is 45.8 Å². The maximum atomic E-state index is 12.3. The van der Waals surface area contributed by atoms with Gasteiger partial charge in [-0.15, -0.1) is 0 Å². The van der Waals surface area contributed by atoms with Crippen molar-refractivity contribution in [2.24, 2.45) is 0 Å². The molecule has 0 saturated heterocycles. The first-order valence-corrected chi connectivity index (χ1v) is 7.95. The Bertz CT molecular complexity index is 1070. The summed E-state index contributed by atoms with van der Waals surface area (Å²) < 4.78 is 11.7. The second-order valence-corrected chi connectivity index (χ2v) is 5.96. The van der Waals surface area contributed by atoms with Gasteiger partial charge in [0, 0.05) is 17.5 Å². The molecule has 0 bridgehead atoms. The lowest BCUT2D eigenvalue weighted by molar-refractivity contribution is 0.0966. The van der Waals surface area contributed by atoms with Crippen LogP contribution in [0.3, 0.4) is 0 Å². The molecule has 1 aliphatic rings. The van der Waals surface area contributed by atoms with Gasteiger partial charge in [-0.3, -0.25) is 4.79 Å². The molecule has 7 nitrogen and oxygen atoms in total. The number of carbonyl (C=O) groups excluding carboxylic acids is 1. The van der Waals surface area contributed by atoms with Crippen molar-refractivity contribution in [3.8, 4) is 22.8 Å². The molecule has 3 aromatic rings. The molecule has 1 aromatic heterocycles. The Hall–Kier alpha value is -3.48. The highest BCUT2D eigenvalue weighted by molar-refractivity contribution is 6.07. The summed E-state index contributed by atoms with van der Waals surface area (Å²) in [5.41, 5.74) is 2.70. The SMILES string of the molecule is COc1cc2c(c(-c3cc4cc(OC)ccc4n3C(=O)O)c1)C(=O)NC2. The predicted molar refractivity (Wildman–Crippen MR) is 95.1 cm³/mol. The summed E-state index contributed by atoms with van der Waals surface area (Å²) in [5.74, 6) is 0.965. The van der Waals surface area contributed by atoms with E-state index in [0.717, 1.165) is 5.56 Å². The Labute approximate surface area is 148 Å². The van der Waals surface area contributed by atoms with Crippen molar-refractivity contribution in [2.75, 3.05) is 14.2 Å². The van der Waals surface area contributed by atoms with Crippen LogP contribution in [0.1, 0.15) is 15.9 Å². The Morgan fingerprint density at radius 2 is 1.88 bits per heavy atom. The first kappa shape index (κ1) is 16.0. The number of fused-ring (bicyclic) bond motifs is 2. The zero-order chi connectivity index (χ0) is 18.4. The number of ether oxygens (including phenoxy) is 2. The molecule has 1 aliphatic heterocycles. The van der Waals surface area contributed by atoms with Crippen LogP contribution in [0.5, 0.6) is 11.5 Å². The third-order valence-corrected chi connectivity index (χ3v) is 4.57. The van der Waals surface area contributed by atoms with Gasteiger partial charge in [0.2, 0.25) is 0 Å². The second kappa shape index (κ2) is 5.80. The van der Waals surface area contributed by atoms with E-state index in [4.69, 9.17) is 9.47 Å². The predicted octanol–water partition coefficient (Wildman–Crippen LogP) is 3.10. The summed E-state index contributed by atoms with van der Waals surface area (Å²) in [6.07, 6.45) is -1.13. The number of carboxylic acid groups (broad SMARTS) is 1. The van der Waals surface area contributed by atoms with Crippen LogP contribution in [0.15, 0.2) is 36.4 Å². The van der Waals surface area contributed by atoms with Gasteiger partial charge in [0.05, 0.1) is 31.0 Å². The van der Waals surface area contributed by atoms with E-state index >= 15 is 0 Å². The summed E-state index contributed by atoms with van der Waals surface area (Å²) in [5, 5.41) is 13.3. The Kier molecular flexibility index (Phi) is 3.57. The molecule has 7 heteroatoms. The number of amides is 1. The van der Waals surface area contributed by atoms with Crippen LogP contribution in [0.2, 0.25) is 0 Å². The van der Waals surface area contributed by atoms with Gasteiger partial charge >= 0.3 is 6.09 Å². The molecule has 0 saturated carbocycles. The molecule has 0 aliphatic carbocycles. The van der Waals surface area contributed by atoms with Crippen molar-refractivity contribution >= 4 is 22.9 Å². The molecule has 2 aromatic carbocycles. The number of nitrogens with zero attached hydrogens (tertiary/aromatic N) is 1. The first-order chi connectivity index (χ1) is 12.5. The molecule has 4 rings (SSSR count). The highest BCUT2D eigenvalue weighted by Crippen LogP contribution is 2.37. The van der Waals surface area contributed by atoms with Crippen LogP contribution in [-0.2, 0) is 6.54 Å².